The summed E-state index contributed by atoms with van der Waals surface area (Å²) in [5.74, 6) is 0.381. The van der Waals surface area contributed by atoms with Gasteiger partial charge in [0.25, 0.3) is 5.91 Å². The van der Waals surface area contributed by atoms with Gasteiger partial charge in [0.15, 0.2) is 5.69 Å². The molecule has 26 heavy (non-hydrogen) atoms. The summed E-state index contributed by atoms with van der Waals surface area (Å²) in [6, 6.07) is 6.61. The lowest BCUT2D eigenvalue weighted by atomic mass is 10.1. The van der Waals surface area contributed by atoms with E-state index in [0.717, 1.165) is 42.6 Å². The van der Waals surface area contributed by atoms with Gasteiger partial charge in [0.2, 0.25) is 0 Å². The Morgan fingerprint density at radius 2 is 1.88 bits per heavy atom. The topological polar surface area (TPSA) is 38.1 Å². The van der Waals surface area contributed by atoms with Crippen LogP contribution in [-0.4, -0.2) is 33.7 Å². The Labute approximate surface area is 154 Å². The molecule has 2 aromatic rings. The molecule has 1 aromatic heterocycles. The van der Waals surface area contributed by atoms with Crippen molar-refractivity contribution < 1.29 is 9.18 Å². The van der Waals surface area contributed by atoms with Gasteiger partial charge in [-0.2, -0.15) is 5.10 Å². The third kappa shape index (κ3) is 3.15. The number of fused-ring (bicyclic) bond motifs is 1. The second kappa shape index (κ2) is 6.86. The van der Waals surface area contributed by atoms with Crippen LogP contribution in [0.3, 0.4) is 0 Å². The first-order chi connectivity index (χ1) is 12.6. The van der Waals surface area contributed by atoms with Gasteiger partial charge in [-0.15, -0.1) is 0 Å². The fraction of sp³-hybridized carbons (Fsp3) is 0.524. The normalized spacial score (nSPS) is 18.1. The van der Waals surface area contributed by atoms with Crippen molar-refractivity contribution in [3.63, 3.8) is 0 Å². The van der Waals surface area contributed by atoms with Crippen LogP contribution in [0.15, 0.2) is 24.3 Å². The number of aromatic nitrogens is 2. The van der Waals surface area contributed by atoms with Crippen molar-refractivity contribution >= 4 is 5.91 Å². The smallest absolute Gasteiger partial charge is 0.274 e. The van der Waals surface area contributed by atoms with Crippen molar-refractivity contribution in [3.8, 4) is 5.69 Å². The quantitative estimate of drug-likeness (QED) is 0.773. The maximum absolute atomic E-state index is 13.3. The van der Waals surface area contributed by atoms with Gasteiger partial charge >= 0.3 is 0 Å². The van der Waals surface area contributed by atoms with Crippen molar-refractivity contribution in [2.24, 2.45) is 5.92 Å². The lowest BCUT2D eigenvalue weighted by molar-refractivity contribution is 0.0719. The molecular weight excluding hydrogens is 329 g/mol. The zero-order valence-corrected chi connectivity index (χ0v) is 15.5. The molecule has 0 bridgehead atoms. The Bertz CT molecular complexity index is 807. The molecule has 1 unspecified atom stereocenters. The predicted octanol–water partition coefficient (Wildman–Crippen LogP) is 4.15. The Morgan fingerprint density at radius 3 is 2.58 bits per heavy atom. The maximum atomic E-state index is 13.3. The summed E-state index contributed by atoms with van der Waals surface area (Å²) in [6.07, 6.45) is 7.58. The number of hydrogen-bond donors (Lipinski definition) is 0. The Balaban J connectivity index is 1.74. The molecule has 2 aliphatic carbocycles. The summed E-state index contributed by atoms with van der Waals surface area (Å²) in [6.45, 7) is 2.13. The number of hydrogen-bond acceptors (Lipinski definition) is 2. The molecule has 1 heterocycles. The van der Waals surface area contributed by atoms with Crippen LogP contribution in [0.2, 0.25) is 0 Å². The molecule has 0 saturated heterocycles. The van der Waals surface area contributed by atoms with Crippen LogP contribution >= 0.6 is 0 Å². The SMILES string of the molecule is CC(C1CC1)N(C)C(=O)c1nn(-c2ccc(F)cc2)c2c1CCCCC2. The van der Waals surface area contributed by atoms with E-state index in [9.17, 15) is 9.18 Å². The van der Waals surface area contributed by atoms with E-state index in [1.807, 2.05) is 16.6 Å². The van der Waals surface area contributed by atoms with Gasteiger partial charge in [0.1, 0.15) is 5.82 Å². The molecule has 0 aliphatic heterocycles. The van der Waals surface area contributed by atoms with E-state index < -0.39 is 0 Å². The van der Waals surface area contributed by atoms with Crippen LogP contribution in [0.1, 0.15) is 60.8 Å². The van der Waals surface area contributed by atoms with Crippen LogP contribution in [-0.2, 0) is 12.8 Å². The van der Waals surface area contributed by atoms with Crippen molar-refractivity contribution in [3.05, 3.63) is 47.0 Å². The third-order valence-corrected chi connectivity index (χ3v) is 5.94. The second-order valence-electron chi connectivity index (χ2n) is 7.72. The minimum atomic E-state index is -0.263. The maximum Gasteiger partial charge on any atom is 0.274 e. The molecule has 0 spiro atoms. The Morgan fingerprint density at radius 1 is 1.19 bits per heavy atom. The van der Waals surface area contributed by atoms with Gasteiger partial charge in [0.05, 0.1) is 5.69 Å². The molecule has 4 rings (SSSR count). The number of halogens is 1. The minimum Gasteiger partial charge on any atom is -0.337 e. The van der Waals surface area contributed by atoms with E-state index in [1.165, 1.54) is 31.4 Å². The summed E-state index contributed by atoms with van der Waals surface area (Å²) in [5.41, 5.74) is 3.61. The molecule has 5 heteroatoms. The van der Waals surface area contributed by atoms with E-state index in [-0.39, 0.29) is 17.8 Å². The van der Waals surface area contributed by atoms with E-state index in [0.29, 0.717) is 11.6 Å². The van der Waals surface area contributed by atoms with Gasteiger partial charge in [-0.25, -0.2) is 9.07 Å². The lowest BCUT2D eigenvalue weighted by Crippen LogP contribution is -2.37. The van der Waals surface area contributed by atoms with Crippen LogP contribution in [0.5, 0.6) is 0 Å². The van der Waals surface area contributed by atoms with E-state index >= 15 is 0 Å². The molecule has 1 amide bonds. The first-order valence-electron chi connectivity index (χ1n) is 9.70. The van der Waals surface area contributed by atoms with E-state index in [1.54, 1.807) is 12.1 Å². The molecular formula is C21H26FN3O. The predicted molar refractivity (Wildman–Crippen MR) is 99.1 cm³/mol. The summed E-state index contributed by atoms with van der Waals surface area (Å²) in [5, 5.41) is 4.72. The molecule has 4 nitrogen and oxygen atoms in total. The van der Waals surface area contributed by atoms with E-state index in [4.69, 9.17) is 5.10 Å². The van der Waals surface area contributed by atoms with Crippen molar-refractivity contribution in [1.82, 2.24) is 14.7 Å². The molecule has 138 valence electrons. The lowest BCUT2D eigenvalue weighted by Gasteiger charge is -2.24. The Kier molecular flexibility index (Phi) is 4.55. The van der Waals surface area contributed by atoms with Crippen molar-refractivity contribution in [2.75, 3.05) is 7.05 Å². The summed E-state index contributed by atoms with van der Waals surface area (Å²) in [4.78, 5) is 15.1. The standard InChI is InChI=1S/C21H26FN3O/c1-14(15-8-9-15)24(2)21(26)20-18-6-4-3-5-7-19(18)25(23-20)17-12-10-16(22)11-13-17/h10-15H,3-9H2,1-2H3. The number of rotatable bonds is 4. The van der Waals surface area contributed by atoms with Gasteiger partial charge in [-0.1, -0.05) is 6.42 Å². The van der Waals surface area contributed by atoms with Crippen LogP contribution in [0.4, 0.5) is 4.39 Å². The molecule has 1 aromatic carbocycles. The molecule has 1 saturated carbocycles. The minimum absolute atomic E-state index is 0.0170. The van der Waals surface area contributed by atoms with Crippen LogP contribution in [0, 0.1) is 11.7 Å². The van der Waals surface area contributed by atoms with Gasteiger partial charge in [-0.05, 0) is 75.6 Å². The fourth-order valence-corrected chi connectivity index (χ4v) is 3.99. The number of benzene rings is 1. The average Bonchev–Trinajstić information content (AvgIpc) is 3.46. The monoisotopic (exact) mass is 355 g/mol. The van der Waals surface area contributed by atoms with Crippen LogP contribution < -0.4 is 0 Å². The first kappa shape index (κ1) is 17.3. The second-order valence-corrected chi connectivity index (χ2v) is 7.72. The Hall–Kier alpha value is -2.17. The van der Waals surface area contributed by atoms with Gasteiger partial charge < -0.3 is 4.90 Å². The van der Waals surface area contributed by atoms with Crippen molar-refractivity contribution in [1.29, 1.82) is 0 Å². The highest BCUT2D eigenvalue weighted by atomic mass is 19.1. The fourth-order valence-electron chi connectivity index (χ4n) is 3.99. The molecule has 1 atom stereocenters. The molecule has 1 fully saturated rings. The highest BCUT2D eigenvalue weighted by Crippen LogP contribution is 2.35. The van der Waals surface area contributed by atoms with Gasteiger partial charge in [0, 0.05) is 24.3 Å². The number of amides is 1. The number of carbonyl (C=O) groups is 1. The molecule has 0 radical (unpaired) electrons. The van der Waals surface area contributed by atoms with E-state index in [2.05, 4.69) is 6.92 Å². The zero-order valence-electron chi connectivity index (χ0n) is 15.5. The number of nitrogens with zero attached hydrogens (tertiary/aromatic N) is 3. The summed E-state index contributed by atoms with van der Waals surface area (Å²) in [7, 11) is 1.89. The summed E-state index contributed by atoms with van der Waals surface area (Å²) >= 11 is 0. The zero-order chi connectivity index (χ0) is 18.3. The summed E-state index contributed by atoms with van der Waals surface area (Å²) < 4.78 is 15.2. The largest absolute Gasteiger partial charge is 0.337 e. The number of carbonyl (C=O) groups excluding carboxylic acids is 1. The third-order valence-electron chi connectivity index (χ3n) is 5.94. The van der Waals surface area contributed by atoms with Gasteiger partial charge in [-0.3, -0.25) is 4.79 Å². The molecule has 2 aliphatic rings. The highest BCUT2D eigenvalue weighted by Gasteiger charge is 2.35. The van der Waals surface area contributed by atoms with Crippen molar-refractivity contribution in [2.45, 2.75) is 57.9 Å². The average molecular weight is 355 g/mol. The molecule has 0 N–H and O–H groups in total. The highest BCUT2D eigenvalue weighted by molar-refractivity contribution is 5.94. The van der Waals surface area contributed by atoms with Crippen LogP contribution in [0.25, 0.3) is 5.69 Å². The first-order valence-corrected chi connectivity index (χ1v) is 9.70.